The number of anilines is 2. The van der Waals surface area contributed by atoms with E-state index in [1.165, 1.54) is 34.0 Å². The Hall–Kier alpha value is -5.24. The van der Waals surface area contributed by atoms with Crippen LogP contribution in [0.5, 0.6) is 11.5 Å². The molecule has 0 spiro atoms. The zero-order chi connectivity index (χ0) is 35.7. The number of aromatic nitrogens is 6. The summed E-state index contributed by atoms with van der Waals surface area (Å²) in [6.07, 6.45) is 6.15. The molecule has 0 bridgehead atoms. The first kappa shape index (κ1) is 35.6. The third kappa shape index (κ3) is 8.92. The smallest absolute Gasteiger partial charge is 0.350 e. The number of hydrogen-bond acceptors (Lipinski definition) is 9. The lowest BCUT2D eigenvalue weighted by Crippen LogP contribution is -2.46. The monoisotopic (exact) mass is 702 g/mol. The quantitative estimate of drug-likeness (QED) is 0.150. The van der Waals surface area contributed by atoms with E-state index in [-0.39, 0.29) is 30.0 Å². The van der Waals surface area contributed by atoms with Crippen molar-refractivity contribution in [2.75, 3.05) is 49.2 Å². The van der Waals surface area contributed by atoms with Crippen LogP contribution >= 0.6 is 0 Å². The summed E-state index contributed by atoms with van der Waals surface area (Å²) < 4.78 is 44.0. The normalized spacial score (nSPS) is 15.1. The van der Waals surface area contributed by atoms with Crippen LogP contribution in [-0.4, -0.2) is 79.7 Å². The Morgan fingerprint density at radius 2 is 1.49 bits per heavy atom. The molecule has 1 N–H and O–H groups in total. The van der Waals surface area contributed by atoms with Crippen LogP contribution < -0.4 is 25.0 Å². The molecule has 3 heterocycles. The summed E-state index contributed by atoms with van der Waals surface area (Å²) in [5.41, 5.74) is 2.65. The van der Waals surface area contributed by atoms with Crippen LogP contribution in [0.1, 0.15) is 39.2 Å². The number of ether oxygens (including phenoxy) is 2. The van der Waals surface area contributed by atoms with Crippen LogP contribution in [0.15, 0.2) is 90.5 Å². The second kappa shape index (κ2) is 16.6. The number of nitrogens with zero attached hydrogens (tertiary/aromatic N) is 8. The van der Waals surface area contributed by atoms with Crippen molar-refractivity contribution in [1.29, 1.82) is 0 Å². The predicted octanol–water partition coefficient (Wildman–Crippen LogP) is 5.12. The average Bonchev–Trinajstić information content (AvgIpc) is 3.80. The van der Waals surface area contributed by atoms with Gasteiger partial charge >= 0.3 is 5.69 Å². The number of halogens is 2. The Labute approximate surface area is 295 Å². The van der Waals surface area contributed by atoms with Gasteiger partial charge in [0.2, 0.25) is 0 Å². The highest BCUT2D eigenvalue weighted by Gasteiger charge is 2.21. The fourth-order valence-corrected chi connectivity index (χ4v) is 6.36. The average molecular weight is 703 g/mol. The molecule has 12 nitrogen and oxygen atoms in total. The summed E-state index contributed by atoms with van der Waals surface area (Å²) in [6, 6.07) is 18.9. The molecule has 0 saturated carbocycles. The van der Waals surface area contributed by atoms with Gasteiger partial charge in [0.05, 0.1) is 31.0 Å². The summed E-state index contributed by atoms with van der Waals surface area (Å²) in [5, 5.41) is 18.5. The minimum atomic E-state index is -0.732. The van der Waals surface area contributed by atoms with E-state index in [1.54, 1.807) is 17.9 Å². The van der Waals surface area contributed by atoms with Crippen LogP contribution in [0.3, 0.4) is 0 Å². The molecule has 0 unspecified atom stereocenters. The second-order valence-corrected chi connectivity index (χ2v) is 12.8. The molecule has 1 fully saturated rings. The molecular weight excluding hydrogens is 658 g/mol. The molecule has 2 aromatic heterocycles. The molecule has 51 heavy (non-hydrogen) atoms. The molecule has 6 rings (SSSR count). The van der Waals surface area contributed by atoms with Crippen molar-refractivity contribution in [2.45, 2.75) is 51.8 Å². The molecule has 3 aromatic carbocycles. The molecule has 0 radical (unpaired) electrons. The molecule has 270 valence electrons. The maximum Gasteiger partial charge on any atom is 0.350 e. The molecule has 3 atom stereocenters. The first-order valence-corrected chi connectivity index (χ1v) is 17.4. The lowest BCUT2D eigenvalue weighted by Gasteiger charge is -2.37. The van der Waals surface area contributed by atoms with Crippen LogP contribution in [0.2, 0.25) is 0 Å². The Kier molecular flexibility index (Phi) is 11.6. The van der Waals surface area contributed by atoms with E-state index < -0.39 is 17.7 Å². The fourth-order valence-electron chi connectivity index (χ4n) is 6.36. The van der Waals surface area contributed by atoms with Gasteiger partial charge in [-0.3, -0.25) is 4.68 Å². The number of aryl methyl sites for hydroxylation is 1. The number of piperazine rings is 1. The number of hydrogen-bond donors (Lipinski definition) is 1. The first-order chi connectivity index (χ1) is 24.8. The van der Waals surface area contributed by atoms with Crippen LogP contribution in [-0.2, 0) is 6.54 Å². The van der Waals surface area contributed by atoms with Crippen LogP contribution in [0.4, 0.5) is 20.2 Å². The Morgan fingerprint density at radius 3 is 2.10 bits per heavy atom. The maximum absolute atomic E-state index is 14.2. The van der Waals surface area contributed by atoms with E-state index in [4.69, 9.17) is 9.47 Å². The first-order valence-electron chi connectivity index (χ1n) is 17.4. The number of aliphatic hydroxyl groups excluding tert-OH is 1. The number of aliphatic hydroxyl groups is 1. The van der Waals surface area contributed by atoms with Gasteiger partial charge in [-0.15, -0.1) is 0 Å². The van der Waals surface area contributed by atoms with Crippen molar-refractivity contribution in [3.05, 3.63) is 108 Å². The summed E-state index contributed by atoms with van der Waals surface area (Å²) >= 11 is 0. The molecule has 1 aliphatic rings. The van der Waals surface area contributed by atoms with Crippen molar-refractivity contribution in [1.82, 2.24) is 29.1 Å². The van der Waals surface area contributed by atoms with Gasteiger partial charge < -0.3 is 24.4 Å². The third-order valence-electron chi connectivity index (χ3n) is 9.28. The Morgan fingerprint density at radius 1 is 0.843 bits per heavy atom. The summed E-state index contributed by atoms with van der Waals surface area (Å²) in [4.78, 5) is 21.6. The van der Waals surface area contributed by atoms with Gasteiger partial charge in [-0.05, 0) is 86.8 Å². The van der Waals surface area contributed by atoms with Crippen molar-refractivity contribution >= 4 is 11.4 Å². The highest BCUT2D eigenvalue weighted by Crippen LogP contribution is 2.25. The van der Waals surface area contributed by atoms with Gasteiger partial charge in [-0.1, -0.05) is 6.92 Å². The molecule has 0 aliphatic carbocycles. The summed E-state index contributed by atoms with van der Waals surface area (Å²) in [5.74, 6) is -0.679. The largest absolute Gasteiger partial charge is 0.493 e. The summed E-state index contributed by atoms with van der Waals surface area (Å²) in [6.45, 7) is 8.24. The molecule has 5 aromatic rings. The standard InChI is InChI=1S/C37H44F2N8O4/c1-3-35(27(2)48)47-37(49)46(26-42-47)32-9-7-30(8-10-32)43-17-19-44(20-18-43)31-11-13-33(14-12-31)50-22-28(5-4-16-45-25-40-24-41-45)23-51-36-15-6-29(38)21-34(36)39/h6-15,21,24-28,35,48H,3-5,16-20,22-23H2,1-2H3/t27-,28+,35-/m0/s1. The number of benzene rings is 3. The van der Waals surface area contributed by atoms with E-state index in [2.05, 4.69) is 37.1 Å². The van der Waals surface area contributed by atoms with E-state index in [0.29, 0.717) is 19.6 Å². The van der Waals surface area contributed by atoms with E-state index in [9.17, 15) is 18.7 Å². The zero-order valence-electron chi connectivity index (χ0n) is 28.9. The third-order valence-corrected chi connectivity index (χ3v) is 9.28. The van der Waals surface area contributed by atoms with Crippen LogP contribution in [0.25, 0.3) is 5.69 Å². The van der Waals surface area contributed by atoms with E-state index in [0.717, 1.165) is 67.9 Å². The van der Waals surface area contributed by atoms with Crippen molar-refractivity contribution < 1.29 is 23.4 Å². The van der Waals surface area contributed by atoms with E-state index >= 15 is 0 Å². The summed E-state index contributed by atoms with van der Waals surface area (Å²) in [7, 11) is 0. The van der Waals surface area contributed by atoms with Gasteiger partial charge in [0.15, 0.2) is 11.6 Å². The minimum absolute atomic E-state index is 0.0128. The molecular formula is C37H44F2N8O4. The molecule has 1 saturated heterocycles. The highest BCUT2D eigenvalue weighted by atomic mass is 19.1. The van der Waals surface area contributed by atoms with Crippen molar-refractivity contribution in [2.24, 2.45) is 5.92 Å². The van der Waals surface area contributed by atoms with Gasteiger partial charge in [0, 0.05) is 56.1 Å². The molecule has 1 aliphatic heterocycles. The van der Waals surface area contributed by atoms with Gasteiger partial charge in [-0.2, -0.15) is 10.2 Å². The van der Waals surface area contributed by atoms with Gasteiger partial charge in [0.25, 0.3) is 0 Å². The minimum Gasteiger partial charge on any atom is -0.493 e. The van der Waals surface area contributed by atoms with E-state index in [1.807, 2.05) is 43.3 Å². The predicted molar refractivity (Wildman–Crippen MR) is 190 cm³/mol. The topological polar surface area (TPSA) is 116 Å². The van der Waals surface area contributed by atoms with Crippen molar-refractivity contribution in [3.63, 3.8) is 0 Å². The SMILES string of the molecule is CC[C@@H]([C@H](C)O)n1ncn(-c2ccc(N3CCN(c4ccc(OC[C@@H](CCCn5cncn5)COc5ccc(F)cc5F)cc4)CC3)cc2)c1=O. The van der Waals surface area contributed by atoms with Crippen molar-refractivity contribution in [3.8, 4) is 17.2 Å². The maximum atomic E-state index is 14.2. The highest BCUT2D eigenvalue weighted by molar-refractivity contribution is 5.54. The Balaban J connectivity index is 1.00. The lowest BCUT2D eigenvalue weighted by molar-refractivity contribution is 0.118. The zero-order valence-corrected chi connectivity index (χ0v) is 28.9. The molecule has 0 amide bonds. The molecule has 14 heteroatoms. The Bertz CT molecular complexity index is 1870. The second-order valence-electron chi connectivity index (χ2n) is 12.8. The fraction of sp³-hybridized carbons (Fsp3) is 0.405. The van der Waals surface area contributed by atoms with Crippen LogP contribution in [0, 0.1) is 17.6 Å². The number of rotatable bonds is 16. The lowest BCUT2D eigenvalue weighted by atomic mass is 10.1. The van der Waals surface area contributed by atoms with Gasteiger partial charge in [0.1, 0.15) is 30.5 Å². The van der Waals surface area contributed by atoms with Gasteiger partial charge in [-0.25, -0.2) is 27.8 Å².